The molecular formula is C21H25NO4. The van der Waals surface area contributed by atoms with E-state index in [9.17, 15) is 9.59 Å². The van der Waals surface area contributed by atoms with Gasteiger partial charge < -0.3 is 14.8 Å². The van der Waals surface area contributed by atoms with Crippen molar-refractivity contribution in [1.29, 1.82) is 0 Å². The molecule has 138 valence electrons. The van der Waals surface area contributed by atoms with Crippen LogP contribution in [-0.4, -0.2) is 32.1 Å². The van der Waals surface area contributed by atoms with Crippen LogP contribution in [-0.2, 0) is 25.5 Å². The van der Waals surface area contributed by atoms with Gasteiger partial charge in [0.1, 0.15) is 6.04 Å². The zero-order valence-electron chi connectivity index (χ0n) is 15.6. The Kier molecular flexibility index (Phi) is 6.92. The van der Waals surface area contributed by atoms with Gasteiger partial charge in [0.15, 0.2) is 6.10 Å². The molecule has 0 aliphatic rings. The lowest BCUT2D eigenvalue weighted by Gasteiger charge is -2.21. The lowest BCUT2D eigenvalue weighted by Crippen LogP contribution is -2.45. The molecule has 0 bridgehead atoms. The lowest BCUT2D eigenvalue weighted by atomic mass is 10.0. The SMILES string of the molecule is COC(=O)[C@@H](Cc1ccc(C)c(C)c1)NC(=O)[C@H](OC)c1ccccc1. The summed E-state index contributed by atoms with van der Waals surface area (Å²) in [5.41, 5.74) is 3.99. The zero-order chi connectivity index (χ0) is 19.1. The molecule has 2 aromatic rings. The van der Waals surface area contributed by atoms with E-state index in [-0.39, 0.29) is 5.91 Å². The van der Waals surface area contributed by atoms with Gasteiger partial charge in [-0.2, -0.15) is 0 Å². The van der Waals surface area contributed by atoms with Crippen molar-refractivity contribution in [3.05, 3.63) is 70.8 Å². The van der Waals surface area contributed by atoms with Crippen molar-refractivity contribution < 1.29 is 19.1 Å². The van der Waals surface area contributed by atoms with Crippen molar-refractivity contribution in [1.82, 2.24) is 5.32 Å². The van der Waals surface area contributed by atoms with Gasteiger partial charge in [0, 0.05) is 13.5 Å². The highest BCUT2D eigenvalue weighted by Crippen LogP contribution is 2.17. The van der Waals surface area contributed by atoms with Crippen LogP contribution in [0, 0.1) is 13.8 Å². The Morgan fingerprint density at radius 3 is 2.27 bits per heavy atom. The average Bonchev–Trinajstić information content (AvgIpc) is 2.65. The molecule has 0 aliphatic carbocycles. The molecule has 5 heteroatoms. The minimum absolute atomic E-state index is 0.352. The van der Waals surface area contributed by atoms with E-state index in [0.717, 1.165) is 16.7 Å². The summed E-state index contributed by atoms with van der Waals surface area (Å²) in [6.45, 7) is 4.04. The van der Waals surface area contributed by atoms with E-state index < -0.39 is 18.1 Å². The van der Waals surface area contributed by atoms with Crippen molar-refractivity contribution in [2.24, 2.45) is 0 Å². The van der Waals surface area contributed by atoms with Crippen molar-refractivity contribution in [3.8, 4) is 0 Å². The molecule has 0 saturated heterocycles. The highest BCUT2D eigenvalue weighted by Gasteiger charge is 2.27. The van der Waals surface area contributed by atoms with E-state index in [1.54, 1.807) is 0 Å². The largest absolute Gasteiger partial charge is 0.467 e. The second kappa shape index (κ2) is 9.15. The predicted octanol–water partition coefficient (Wildman–Crippen LogP) is 2.89. The summed E-state index contributed by atoms with van der Waals surface area (Å²) in [4.78, 5) is 24.8. The Morgan fingerprint density at radius 1 is 1.00 bits per heavy atom. The molecule has 26 heavy (non-hydrogen) atoms. The van der Waals surface area contributed by atoms with E-state index in [1.807, 2.05) is 62.4 Å². The standard InChI is InChI=1S/C21H25NO4/c1-14-10-11-16(12-15(14)2)13-18(21(24)26-4)22-20(23)19(25-3)17-8-6-5-7-9-17/h5-12,18-19H,13H2,1-4H3,(H,22,23)/t18-,19-/m1/s1. The molecule has 0 aromatic heterocycles. The maximum Gasteiger partial charge on any atom is 0.328 e. The molecule has 2 atom stereocenters. The third-order valence-corrected chi connectivity index (χ3v) is 4.39. The fraction of sp³-hybridized carbons (Fsp3) is 0.333. The number of benzene rings is 2. The van der Waals surface area contributed by atoms with Crippen molar-refractivity contribution >= 4 is 11.9 Å². The van der Waals surface area contributed by atoms with Gasteiger partial charge in [-0.25, -0.2) is 4.79 Å². The monoisotopic (exact) mass is 355 g/mol. The zero-order valence-corrected chi connectivity index (χ0v) is 15.6. The quantitative estimate of drug-likeness (QED) is 0.776. The first-order valence-electron chi connectivity index (χ1n) is 8.48. The van der Waals surface area contributed by atoms with E-state index in [0.29, 0.717) is 6.42 Å². The van der Waals surface area contributed by atoms with Crippen molar-refractivity contribution in [3.63, 3.8) is 0 Å². The van der Waals surface area contributed by atoms with Crippen molar-refractivity contribution in [2.75, 3.05) is 14.2 Å². The lowest BCUT2D eigenvalue weighted by molar-refractivity contribution is -0.146. The van der Waals surface area contributed by atoms with Crippen LogP contribution < -0.4 is 5.32 Å². The Bertz CT molecular complexity index is 758. The third kappa shape index (κ3) is 4.92. The average molecular weight is 355 g/mol. The van der Waals surface area contributed by atoms with Gasteiger partial charge in [-0.1, -0.05) is 48.5 Å². The summed E-state index contributed by atoms with van der Waals surface area (Å²) < 4.78 is 10.2. The third-order valence-electron chi connectivity index (χ3n) is 4.39. The summed E-state index contributed by atoms with van der Waals surface area (Å²) >= 11 is 0. The Labute approximate surface area is 154 Å². The maximum absolute atomic E-state index is 12.7. The molecule has 0 heterocycles. The number of esters is 1. The first-order valence-corrected chi connectivity index (χ1v) is 8.48. The Balaban J connectivity index is 2.17. The van der Waals surface area contributed by atoms with E-state index in [2.05, 4.69) is 5.32 Å². The van der Waals surface area contributed by atoms with Crippen LogP contribution in [0.2, 0.25) is 0 Å². The van der Waals surface area contributed by atoms with Gasteiger partial charge in [-0.15, -0.1) is 0 Å². The molecule has 0 radical (unpaired) electrons. The summed E-state index contributed by atoms with van der Waals surface area (Å²) in [5, 5.41) is 2.76. The number of ether oxygens (including phenoxy) is 2. The van der Waals surface area contributed by atoms with Crippen molar-refractivity contribution in [2.45, 2.75) is 32.4 Å². The molecule has 1 N–H and O–H groups in total. The summed E-state index contributed by atoms with van der Waals surface area (Å²) in [6, 6.07) is 14.3. The smallest absolute Gasteiger partial charge is 0.328 e. The molecule has 2 aromatic carbocycles. The molecule has 0 unspecified atom stereocenters. The minimum Gasteiger partial charge on any atom is -0.467 e. The summed E-state index contributed by atoms with van der Waals surface area (Å²) in [6.07, 6.45) is -0.437. The molecular weight excluding hydrogens is 330 g/mol. The topological polar surface area (TPSA) is 64.6 Å². The summed E-state index contributed by atoms with van der Waals surface area (Å²) in [7, 11) is 2.78. The molecule has 1 amide bonds. The van der Waals surface area contributed by atoms with Gasteiger partial charge in [-0.05, 0) is 36.1 Å². The fourth-order valence-electron chi connectivity index (χ4n) is 2.77. The van der Waals surface area contributed by atoms with E-state index in [1.165, 1.54) is 19.8 Å². The maximum atomic E-state index is 12.7. The van der Waals surface area contributed by atoms with Crippen LogP contribution in [0.25, 0.3) is 0 Å². The first-order chi connectivity index (χ1) is 12.5. The van der Waals surface area contributed by atoms with Crippen LogP contribution in [0.5, 0.6) is 0 Å². The number of rotatable bonds is 7. The van der Waals surface area contributed by atoms with Crippen LogP contribution in [0.4, 0.5) is 0 Å². The van der Waals surface area contributed by atoms with Gasteiger partial charge in [0.2, 0.25) is 0 Å². The van der Waals surface area contributed by atoms with Crippen LogP contribution >= 0.6 is 0 Å². The normalized spacial score (nSPS) is 12.9. The number of carbonyl (C=O) groups is 2. The fourth-order valence-corrected chi connectivity index (χ4v) is 2.77. The molecule has 0 aliphatic heterocycles. The summed E-state index contributed by atoms with van der Waals surface area (Å²) in [5.74, 6) is -0.863. The predicted molar refractivity (Wildman–Crippen MR) is 99.8 cm³/mol. The van der Waals surface area contributed by atoms with Gasteiger partial charge in [-0.3, -0.25) is 4.79 Å². The van der Waals surface area contributed by atoms with E-state index in [4.69, 9.17) is 9.47 Å². The highest BCUT2D eigenvalue weighted by molar-refractivity contribution is 5.87. The second-order valence-electron chi connectivity index (χ2n) is 6.23. The number of nitrogens with one attached hydrogen (secondary N) is 1. The van der Waals surface area contributed by atoms with Gasteiger partial charge >= 0.3 is 5.97 Å². The minimum atomic E-state index is -0.789. The number of methoxy groups -OCH3 is 2. The highest BCUT2D eigenvalue weighted by atomic mass is 16.5. The second-order valence-corrected chi connectivity index (χ2v) is 6.23. The van der Waals surface area contributed by atoms with Gasteiger partial charge in [0.05, 0.1) is 7.11 Å². The van der Waals surface area contributed by atoms with Crippen LogP contribution in [0.15, 0.2) is 48.5 Å². The Morgan fingerprint density at radius 2 is 1.69 bits per heavy atom. The van der Waals surface area contributed by atoms with Crippen LogP contribution in [0.1, 0.15) is 28.4 Å². The molecule has 5 nitrogen and oxygen atoms in total. The molecule has 0 fully saturated rings. The molecule has 0 spiro atoms. The number of carbonyl (C=O) groups excluding carboxylic acids is 2. The first kappa shape index (κ1) is 19.7. The molecule has 0 saturated carbocycles. The van der Waals surface area contributed by atoms with Crippen LogP contribution in [0.3, 0.4) is 0 Å². The Hall–Kier alpha value is -2.66. The number of aryl methyl sites for hydroxylation is 2. The molecule has 2 rings (SSSR count). The van der Waals surface area contributed by atoms with Gasteiger partial charge in [0.25, 0.3) is 5.91 Å². The number of amides is 1. The van der Waals surface area contributed by atoms with E-state index >= 15 is 0 Å². The number of hydrogen-bond donors (Lipinski definition) is 1. The number of hydrogen-bond acceptors (Lipinski definition) is 4.